The highest BCUT2D eigenvalue weighted by molar-refractivity contribution is 5.79. The van der Waals surface area contributed by atoms with Gasteiger partial charge in [-0.3, -0.25) is 4.79 Å². The van der Waals surface area contributed by atoms with Gasteiger partial charge in [-0.15, -0.1) is 6.58 Å². The van der Waals surface area contributed by atoms with E-state index in [4.69, 9.17) is 0 Å². The zero-order chi connectivity index (χ0) is 11.2. The van der Waals surface area contributed by atoms with Gasteiger partial charge in [-0.25, -0.2) is 0 Å². The van der Waals surface area contributed by atoms with E-state index in [0.29, 0.717) is 6.54 Å². The fourth-order valence-electron chi connectivity index (χ4n) is 1.54. The first-order valence-electron chi connectivity index (χ1n) is 5.32. The Morgan fingerprint density at radius 1 is 1.50 bits per heavy atom. The van der Waals surface area contributed by atoms with Gasteiger partial charge in [0.2, 0.25) is 5.91 Å². The molecule has 0 aliphatic rings. The van der Waals surface area contributed by atoms with Crippen LogP contribution in [0.5, 0.6) is 0 Å². The van der Waals surface area contributed by atoms with E-state index in [1.54, 1.807) is 0 Å². The van der Waals surface area contributed by atoms with Crippen LogP contribution in [0.3, 0.4) is 0 Å². The Kier molecular flexibility index (Phi) is 5.51. The molecule has 1 amide bonds. The number of nitrogens with one attached hydrogen (secondary N) is 1. The highest BCUT2D eigenvalue weighted by Gasteiger charge is 2.29. The van der Waals surface area contributed by atoms with E-state index >= 15 is 0 Å². The topological polar surface area (TPSA) is 29.1 Å². The van der Waals surface area contributed by atoms with Crippen LogP contribution in [0, 0.1) is 11.3 Å². The van der Waals surface area contributed by atoms with Crippen LogP contribution in [0.25, 0.3) is 0 Å². The van der Waals surface area contributed by atoms with Gasteiger partial charge in [0.05, 0.1) is 0 Å². The maximum atomic E-state index is 11.8. The van der Waals surface area contributed by atoms with Crippen molar-refractivity contribution in [2.45, 2.75) is 40.5 Å². The first-order chi connectivity index (χ1) is 6.43. The molecule has 0 saturated carbocycles. The molecule has 0 spiro atoms. The lowest BCUT2D eigenvalue weighted by molar-refractivity contribution is -0.128. The molecule has 0 aromatic carbocycles. The van der Waals surface area contributed by atoms with E-state index in [-0.39, 0.29) is 17.2 Å². The lowest BCUT2D eigenvalue weighted by Crippen LogP contribution is -2.37. The molecule has 0 rings (SSSR count). The van der Waals surface area contributed by atoms with Gasteiger partial charge in [0.1, 0.15) is 0 Å². The summed E-state index contributed by atoms with van der Waals surface area (Å²) in [6, 6.07) is 0. The van der Waals surface area contributed by atoms with E-state index in [1.165, 1.54) is 0 Å². The van der Waals surface area contributed by atoms with Crippen molar-refractivity contribution < 1.29 is 4.79 Å². The molecule has 0 aliphatic carbocycles. The molecule has 0 aromatic heterocycles. The van der Waals surface area contributed by atoms with Crippen LogP contribution in [-0.2, 0) is 4.79 Å². The Bertz CT molecular complexity index is 191. The van der Waals surface area contributed by atoms with Crippen molar-refractivity contribution in [3.8, 4) is 0 Å². The summed E-state index contributed by atoms with van der Waals surface area (Å²) in [5.74, 6) is 0.252. The summed E-state index contributed by atoms with van der Waals surface area (Å²) in [6.07, 6.45) is 3.66. The second kappa shape index (κ2) is 5.84. The van der Waals surface area contributed by atoms with Crippen LogP contribution in [0.1, 0.15) is 40.5 Å². The van der Waals surface area contributed by atoms with Crippen LogP contribution in [-0.4, -0.2) is 12.5 Å². The molecule has 82 valence electrons. The van der Waals surface area contributed by atoms with E-state index in [0.717, 1.165) is 12.8 Å². The summed E-state index contributed by atoms with van der Waals surface area (Å²) in [6.45, 7) is 12.7. The summed E-state index contributed by atoms with van der Waals surface area (Å²) in [4.78, 5) is 11.8. The molecule has 0 heterocycles. The van der Waals surface area contributed by atoms with Crippen molar-refractivity contribution >= 4 is 5.91 Å². The maximum absolute atomic E-state index is 11.8. The molecule has 1 unspecified atom stereocenters. The standard InChI is InChI=1S/C12H23NO/c1-6-8-9-10(12(3,4)5)11(14)13-7-2/h6,10H,1,7-9H2,2-5H3,(H,13,14). The van der Waals surface area contributed by atoms with Crippen LogP contribution in [0.15, 0.2) is 12.7 Å². The molecule has 0 bridgehead atoms. The summed E-state index contributed by atoms with van der Waals surface area (Å²) in [5, 5.41) is 2.89. The summed E-state index contributed by atoms with van der Waals surface area (Å²) in [7, 11) is 0. The first-order valence-corrected chi connectivity index (χ1v) is 5.32. The minimum absolute atomic E-state index is 0.0300. The molecule has 0 saturated heterocycles. The van der Waals surface area contributed by atoms with Crippen LogP contribution >= 0.6 is 0 Å². The molecular formula is C12H23NO. The maximum Gasteiger partial charge on any atom is 0.223 e. The number of carbonyl (C=O) groups is 1. The van der Waals surface area contributed by atoms with E-state index in [9.17, 15) is 4.79 Å². The predicted octanol–water partition coefficient (Wildman–Crippen LogP) is 2.75. The predicted molar refractivity (Wildman–Crippen MR) is 61.1 cm³/mol. The zero-order valence-electron chi connectivity index (χ0n) is 9.89. The minimum Gasteiger partial charge on any atom is -0.356 e. The lowest BCUT2D eigenvalue weighted by atomic mass is 9.77. The third-order valence-corrected chi connectivity index (χ3v) is 2.37. The molecule has 0 fully saturated rings. The van der Waals surface area contributed by atoms with Crippen molar-refractivity contribution in [3.05, 3.63) is 12.7 Å². The fraction of sp³-hybridized carbons (Fsp3) is 0.750. The molecule has 2 nitrogen and oxygen atoms in total. The Morgan fingerprint density at radius 2 is 2.07 bits per heavy atom. The van der Waals surface area contributed by atoms with E-state index < -0.39 is 0 Å². The van der Waals surface area contributed by atoms with Gasteiger partial charge in [0, 0.05) is 12.5 Å². The number of hydrogen-bond donors (Lipinski definition) is 1. The van der Waals surface area contributed by atoms with Gasteiger partial charge in [-0.2, -0.15) is 0 Å². The highest BCUT2D eigenvalue weighted by atomic mass is 16.1. The van der Waals surface area contributed by atoms with Crippen LogP contribution in [0.4, 0.5) is 0 Å². The SMILES string of the molecule is C=CCCC(C(=O)NCC)C(C)(C)C. The van der Waals surface area contributed by atoms with Crippen molar-refractivity contribution in [2.75, 3.05) is 6.54 Å². The fourth-order valence-corrected chi connectivity index (χ4v) is 1.54. The Morgan fingerprint density at radius 3 is 2.43 bits per heavy atom. The number of allylic oxidation sites excluding steroid dienone is 1. The molecule has 0 aliphatic heterocycles. The summed E-state index contributed by atoms with van der Waals surface area (Å²) in [5.41, 5.74) is 0.0300. The van der Waals surface area contributed by atoms with Gasteiger partial charge in [0.25, 0.3) is 0 Å². The Hall–Kier alpha value is -0.790. The Labute approximate surface area is 87.8 Å². The molecule has 1 N–H and O–H groups in total. The number of hydrogen-bond acceptors (Lipinski definition) is 1. The minimum atomic E-state index is 0.0300. The third kappa shape index (κ3) is 4.45. The second-order valence-corrected chi connectivity index (χ2v) is 4.68. The van der Waals surface area contributed by atoms with E-state index in [1.807, 2.05) is 13.0 Å². The van der Waals surface area contributed by atoms with Gasteiger partial charge >= 0.3 is 0 Å². The molecule has 0 aromatic rings. The average Bonchev–Trinajstić information content (AvgIpc) is 2.03. The smallest absolute Gasteiger partial charge is 0.223 e. The van der Waals surface area contributed by atoms with Gasteiger partial charge in [-0.1, -0.05) is 26.8 Å². The summed E-state index contributed by atoms with van der Waals surface area (Å²) < 4.78 is 0. The summed E-state index contributed by atoms with van der Waals surface area (Å²) >= 11 is 0. The number of amides is 1. The van der Waals surface area contributed by atoms with Crippen molar-refractivity contribution in [1.82, 2.24) is 5.32 Å². The number of rotatable bonds is 5. The van der Waals surface area contributed by atoms with Crippen LogP contribution in [0.2, 0.25) is 0 Å². The first kappa shape index (κ1) is 13.2. The van der Waals surface area contributed by atoms with Crippen molar-refractivity contribution in [3.63, 3.8) is 0 Å². The Balaban J connectivity index is 4.38. The number of carbonyl (C=O) groups excluding carboxylic acids is 1. The quantitative estimate of drug-likeness (QED) is 0.675. The van der Waals surface area contributed by atoms with Gasteiger partial charge in [0.15, 0.2) is 0 Å². The monoisotopic (exact) mass is 197 g/mol. The average molecular weight is 197 g/mol. The van der Waals surface area contributed by atoms with Crippen LogP contribution < -0.4 is 5.32 Å². The highest BCUT2D eigenvalue weighted by Crippen LogP contribution is 2.29. The van der Waals surface area contributed by atoms with Gasteiger partial charge < -0.3 is 5.32 Å². The zero-order valence-corrected chi connectivity index (χ0v) is 9.89. The molecule has 2 heteroatoms. The lowest BCUT2D eigenvalue weighted by Gasteiger charge is -2.29. The van der Waals surface area contributed by atoms with Crippen molar-refractivity contribution in [2.24, 2.45) is 11.3 Å². The normalized spacial score (nSPS) is 13.4. The second-order valence-electron chi connectivity index (χ2n) is 4.68. The molecular weight excluding hydrogens is 174 g/mol. The van der Waals surface area contributed by atoms with E-state index in [2.05, 4.69) is 32.7 Å². The molecule has 1 atom stereocenters. The third-order valence-electron chi connectivity index (χ3n) is 2.37. The van der Waals surface area contributed by atoms with Gasteiger partial charge in [-0.05, 0) is 25.2 Å². The largest absolute Gasteiger partial charge is 0.356 e. The molecule has 14 heavy (non-hydrogen) atoms. The van der Waals surface area contributed by atoms with Crippen molar-refractivity contribution in [1.29, 1.82) is 0 Å². The molecule has 0 radical (unpaired) electrons.